The van der Waals surface area contributed by atoms with Crippen LogP contribution in [0.15, 0.2) is 48.8 Å². The monoisotopic (exact) mass is 403 g/mol. The first kappa shape index (κ1) is 18.8. The van der Waals surface area contributed by atoms with Gasteiger partial charge in [-0.05, 0) is 36.2 Å². The molecule has 0 unspecified atom stereocenters. The van der Waals surface area contributed by atoms with Crippen LogP contribution in [0.5, 0.6) is 5.75 Å². The van der Waals surface area contributed by atoms with Crippen molar-refractivity contribution in [3.05, 3.63) is 71.2 Å². The highest BCUT2D eigenvalue weighted by atomic mass is 16.5. The van der Waals surface area contributed by atoms with Crippen LogP contribution in [0.4, 0.5) is 0 Å². The lowest BCUT2D eigenvalue weighted by molar-refractivity contribution is 0.0627. The molecule has 5 rings (SSSR count). The molecule has 0 saturated carbocycles. The molecule has 1 amide bonds. The van der Waals surface area contributed by atoms with Crippen LogP contribution in [0.25, 0.3) is 5.82 Å². The number of nitrogens with zero attached hydrogens (tertiary/aromatic N) is 5. The molecule has 2 aromatic heterocycles. The molecule has 1 saturated heterocycles. The maximum atomic E-state index is 13.1. The van der Waals surface area contributed by atoms with Gasteiger partial charge < -0.3 is 9.64 Å². The second kappa shape index (κ2) is 7.91. The molecule has 0 bridgehead atoms. The molecule has 1 aromatic carbocycles. The summed E-state index contributed by atoms with van der Waals surface area (Å²) in [5, 5.41) is 4.39. The minimum Gasteiger partial charge on any atom is -0.493 e. The first-order chi connectivity index (χ1) is 14.7. The zero-order valence-electron chi connectivity index (χ0n) is 17.1. The van der Waals surface area contributed by atoms with Crippen LogP contribution in [0.3, 0.4) is 0 Å². The molecule has 0 atom stereocenters. The zero-order valence-corrected chi connectivity index (χ0v) is 17.1. The van der Waals surface area contributed by atoms with Gasteiger partial charge in [-0.2, -0.15) is 5.10 Å². The lowest BCUT2D eigenvalue weighted by atomic mass is 10.1. The highest BCUT2D eigenvalue weighted by Gasteiger charge is 2.25. The molecular formula is C23H25N5O2. The Bertz CT molecular complexity index is 1050. The fourth-order valence-electron chi connectivity index (χ4n) is 4.21. The molecule has 7 nitrogen and oxygen atoms in total. The quantitative estimate of drug-likeness (QED) is 0.670. The molecule has 2 aliphatic rings. The van der Waals surface area contributed by atoms with Crippen LogP contribution < -0.4 is 4.74 Å². The van der Waals surface area contributed by atoms with Crippen molar-refractivity contribution in [1.82, 2.24) is 24.6 Å². The van der Waals surface area contributed by atoms with Crippen LogP contribution in [0, 0.1) is 6.92 Å². The van der Waals surface area contributed by atoms with Crippen molar-refractivity contribution in [2.75, 3.05) is 32.8 Å². The van der Waals surface area contributed by atoms with Crippen LogP contribution in [-0.4, -0.2) is 63.3 Å². The largest absolute Gasteiger partial charge is 0.493 e. The van der Waals surface area contributed by atoms with Crippen molar-refractivity contribution < 1.29 is 9.53 Å². The Labute approximate surface area is 175 Å². The molecular weight excluding hydrogens is 378 g/mol. The Hall–Kier alpha value is -3.19. The Kier molecular flexibility index (Phi) is 4.96. The molecule has 4 heterocycles. The molecule has 1 fully saturated rings. The standard InChI is InChI=1S/C23H25N5O2/c1-17-20(15-25-28(17)22-4-2-3-8-24-22)23(29)27-11-9-26(10-12-27)16-18-5-6-21-19(14-18)7-13-30-21/h2-6,8,14-15H,7,9-13,16H2,1H3. The first-order valence-electron chi connectivity index (χ1n) is 10.4. The third-order valence-corrected chi connectivity index (χ3v) is 5.93. The Morgan fingerprint density at radius 2 is 2.00 bits per heavy atom. The SMILES string of the molecule is Cc1c(C(=O)N2CCN(Cc3ccc4c(c3)CCO4)CC2)cnn1-c1ccccn1. The normalized spacial score (nSPS) is 16.4. The topological polar surface area (TPSA) is 63.5 Å². The maximum absolute atomic E-state index is 13.1. The number of carbonyl (C=O) groups excluding carboxylic acids is 1. The van der Waals surface area contributed by atoms with Crippen molar-refractivity contribution in [3.8, 4) is 11.6 Å². The van der Waals surface area contributed by atoms with Gasteiger partial charge in [0.05, 0.1) is 24.1 Å². The fraction of sp³-hybridized carbons (Fsp3) is 0.348. The minimum absolute atomic E-state index is 0.0454. The van der Waals surface area contributed by atoms with Gasteiger partial charge >= 0.3 is 0 Å². The van der Waals surface area contributed by atoms with Gasteiger partial charge in [-0.25, -0.2) is 9.67 Å². The van der Waals surface area contributed by atoms with E-state index in [0.29, 0.717) is 5.56 Å². The summed E-state index contributed by atoms with van der Waals surface area (Å²) >= 11 is 0. The average molecular weight is 403 g/mol. The highest BCUT2D eigenvalue weighted by Crippen LogP contribution is 2.26. The second-order valence-corrected chi connectivity index (χ2v) is 7.85. The van der Waals surface area contributed by atoms with E-state index in [9.17, 15) is 4.79 Å². The van der Waals surface area contributed by atoms with E-state index in [-0.39, 0.29) is 5.91 Å². The number of rotatable bonds is 4. The van der Waals surface area contributed by atoms with Gasteiger partial charge in [0.25, 0.3) is 5.91 Å². The summed E-state index contributed by atoms with van der Waals surface area (Å²) < 4.78 is 7.32. The van der Waals surface area contributed by atoms with Crippen molar-refractivity contribution in [2.45, 2.75) is 19.9 Å². The van der Waals surface area contributed by atoms with Crippen LogP contribution in [0.1, 0.15) is 27.2 Å². The molecule has 0 N–H and O–H groups in total. The van der Waals surface area contributed by atoms with Crippen molar-refractivity contribution in [2.24, 2.45) is 0 Å². The van der Waals surface area contributed by atoms with E-state index in [1.54, 1.807) is 17.1 Å². The number of ether oxygens (including phenoxy) is 1. The lowest BCUT2D eigenvalue weighted by Crippen LogP contribution is -2.48. The molecule has 0 aliphatic carbocycles. The number of fused-ring (bicyclic) bond motifs is 1. The minimum atomic E-state index is 0.0454. The van der Waals surface area contributed by atoms with Gasteiger partial charge in [0.1, 0.15) is 5.75 Å². The molecule has 0 radical (unpaired) electrons. The number of hydrogen-bond donors (Lipinski definition) is 0. The van der Waals surface area contributed by atoms with Crippen molar-refractivity contribution in [1.29, 1.82) is 0 Å². The van der Waals surface area contributed by atoms with E-state index >= 15 is 0 Å². The smallest absolute Gasteiger partial charge is 0.257 e. The van der Waals surface area contributed by atoms with Gasteiger partial charge in [-0.15, -0.1) is 0 Å². The number of pyridine rings is 1. The Morgan fingerprint density at radius 3 is 2.80 bits per heavy atom. The molecule has 154 valence electrons. The van der Waals surface area contributed by atoms with E-state index < -0.39 is 0 Å². The van der Waals surface area contributed by atoms with Crippen molar-refractivity contribution >= 4 is 5.91 Å². The molecule has 7 heteroatoms. The van der Waals surface area contributed by atoms with E-state index in [1.165, 1.54) is 11.1 Å². The summed E-state index contributed by atoms with van der Waals surface area (Å²) in [4.78, 5) is 21.7. The van der Waals surface area contributed by atoms with Gasteiger partial charge in [-0.1, -0.05) is 18.2 Å². The first-order valence-corrected chi connectivity index (χ1v) is 10.4. The number of aromatic nitrogens is 3. The van der Waals surface area contributed by atoms with Crippen molar-refractivity contribution in [3.63, 3.8) is 0 Å². The van der Waals surface area contributed by atoms with Gasteiger partial charge in [0.15, 0.2) is 5.82 Å². The number of amides is 1. The number of piperazine rings is 1. The molecule has 3 aromatic rings. The maximum Gasteiger partial charge on any atom is 0.257 e. The summed E-state index contributed by atoms with van der Waals surface area (Å²) in [5.41, 5.74) is 4.09. The molecule has 0 spiro atoms. The second-order valence-electron chi connectivity index (χ2n) is 7.85. The summed E-state index contributed by atoms with van der Waals surface area (Å²) in [7, 11) is 0. The number of carbonyl (C=O) groups is 1. The third kappa shape index (κ3) is 3.57. The number of hydrogen-bond acceptors (Lipinski definition) is 5. The van der Waals surface area contributed by atoms with E-state index in [1.807, 2.05) is 30.0 Å². The zero-order chi connectivity index (χ0) is 20.5. The predicted octanol–water partition coefficient (Wildman–Crippen LogP) is 2.47. The summed E-state index contributed by atoms with van der Waals surface area (Å²) in [6.45, 7) is 6.80. The van der Waals surface area contributed by atoms with Crippen LogP contribution in [-0.2, 0) is 13.0 Å². The van der Waals surface area contributed by atoms with E-state index in [4.69, 9.17) is 4.74 Å². The molecule has 30 heavy (non-hydrogen) atoms. The predicted molar refractivity (Wildman–Crippen MR) is 113 cm³/mol. The van der Waals surface area contributed by atoms with E-state index in [2.05, 4.69) is 33.2 Å². The Morgan fingerprint density at radius 1 is 1.13 bits per heavy atom. The summed E-state index contributed by atoms with van der Waals surface area (Å²) in [6.07, 6.45) is 4.38. The van der Waals surface area contributed by atoms with E-state index in [0.717, 1.165) is 63.0 Å². The third-order valence-electron chi connectivity index (χ3n) is 5.93. The van der Waals surface area contributed by atoms with Crippen LogP contribution >= 0.6 is 0 Å². The Balaban J connectivity index is 1.22. The summed E-state index contributed by atoms with van der Waals surface area (Å²) in [5.74, 6) is 1.79. The van der Waals surface area contributed by atoms with Crippen LogP contribution in [0.2, 0.25) is 0 Å². The number of benzene rings is 1. The fourth-order valence-corrected chi connectivity index (χ4v) is 4.21. The van der Waals surface area contributed by atoms with Gasteiger partial charge in [0, 0.05) is 45.3 Å². The van der Waals surface area contributed by atoms with Gasteiger partial charge in [0.2, 0.25) is 0 Å². The average Bonchev–Trinajstić information content (AvgIpc) is 3.40. The summed E-state index contributed by atoms with van der Waals surface area (Å²) in [6, 6.07) is 12.2. The molecule has 2 aliphatic heterocycles. The highest BCUT2D eigenvalue weighted by molar-refractivity contribution is 5.95. The lowest BCUT2D eigenvalue weighted by Gasteiger charge is -2.34. The van der Waals surface area contributed by atoms with Gasteiger partial charge in [-0.3, -0.25) is 9.69 Å².